The van der Waals surface area contributed by atoms with Gasteiger partial charge in [0.2, 0.25) is 0 Å². The minimum absolute atomic E-state index is 0.0668. The molecule has 1 aliphatic rings. The van der Waals surface area contributed by atoms with Crippen molar-refractivity contribution in [1.29, 1.82) is 0 Å². The summed E-state index contributed by atoms with van der Waals surface area (Å²) in [6, 6.07) is 14.1. The number of likely N-dealkylation sites (tertiary alicyclic amines) is 1. The summed E-state index contributed by atoms with van der Waals surface area (Å²) < 4.78 is 28.0. The van der Waals surface area contributed by atoms with Crippen molar-refractivity contribution in [3.63, 3.8) is 0 Å². The Balaban J connectivity index is 1.59. The molecule has 0 aromatic heterocycles. The Labute approximate surface area is 165 Å². The van der Waals surface area contributed by atoms with Crippen LogP contribution in [0.15, 0.2) is 48.5 Å². The highest BCUT2D eigenvalue weighted by Crippen LogP contribution is 2.29. The second-order valence-corrected chi connectivity index (χ2v) is 7.87. The second-order valence-electron chi connectivity index (χ2n) is 7.87. The van der Waals surface area contributed by atoms with Crippen LogP contribution in [0.5, 0.6) is 0 Å². The van der Waals surface area contributed by atoms with Gasteiger partial charge in [0.1, 0.15) is 11.5 Å². The number of hydrogen-bond donors (Lipinski definition) is 1. The zero-order valence-electron chi connectivity index (χ0n) is 16.6. The fourth-order valence-electron chi connectivity index (χ4n) is 3.55. The number of anilines is 1. The summed E-state index contributed by atoms with van der Waals surface area (Å²) >= 11 is 0. The van der Waals surface area contributed by atoms with Gasteiger partial charge in [-0.25, -0.2) is 13.6 Å². The lowest BCUT2D eigenvalue weighted by atomic mass is 9.99. The first-order chi connectivity index (χ1) is 13.2. The van der Waals surface area contributed by atoms with Gasteiger partial charge in [-0.15, -0.1) is 0 Å². The largest absolute Gasteiger partial charge is 0.323 e. The molecule has 1 saturated heterocycles. The number of nitrogens with zero attached hydrogens (tertiary/aromatic N) is 2. The van der Waals surface area contributed by atoms with Crippen molar-refractivity contribution in [3.05, 3.63) is 65.5 Å². The van der Waals surface area contributed by atoms with Gasteiger partial charge in [-0.3, -0.25) is 4.90 Å². The summed E-state index contributed by atoms with van der Waals surface area (Å²) in [5.74, 6) is -0.619. The van der Waals surface area contributed by atoms with Gasteiger partial charge < -0.3 is 10.2 Å². The van der Waals surface area contributed by atoms with E-state index in [1.165, 1.54) is 37.6 Å². The van der Waals surface area contributed by atoms with Crippen LogP contribution in [0, 0.1) is 5.82 Å². The molecular formula is C22H27F2N3O. The Morgan fingerprint density at radius 1 is 1.25 bits per heavy atom. The molecule has 3 rings (SSSR count). The third-order valence-corrected chi connectivity index (χ3v) is 5.22. The van der Waals surface area contributed by atoms with Crippen LogP contribution in [0.3, 0.4) is 0 Å². The molecule has 2 aromatic rings. The summed E-state index contributed by atoms with van der Waals surface area (Å²) in [5.41, 5.74) is -0.246. The first-order valence-corrected chi connectivity index (χ1v) is 9.53. The lowest BCUT2D eigenvalue weighted by molar-refractivity contribution is 0.201. The number of likely N-dealkylation sites (N-methyl/N-ethyl adjacent to an activating group) is 1. The van der Waals surface area contributed by atoms with E-state index in [9.17, 15) is 13.6 Å². The monoisotopic (exact) mass is 387 g/mol. The highest BCUT2D eigenvalue weighted by molar-refractivity contribution is 5.89. The van der Waals surface area contributed by atoms with E-state index in [1.54, 1.807) is 11.9 Å². The van der Waals surface area contributed by atoms with Crippen molar-refractivity contribution in [2.24, 2.45) is 0 Å². The third kappa shape index (κ3) is 4.87. The second kappa shape index (κ2) is 8.27. The van der Waals surface area contributed by atoms with Crippen LogP contribution in [-0.4, -0.2) is 42.0 Å². The topological polar surface area (TPSA) is 35.6 Å². The van der Waals surface area contributed by atoms with Gasteiger partial charge in [0, 0.05) is 44.0 Å². The maximum absolute atomic E-state index is 14.2. The molecule has 1 N–H and O–H groups in total. The van der Waals surface area contributed by atoms with Gasteiger partial charge in [-0.2, -0.15) is 0 Å². The Kier molecular flexibility index (Phi) is 5.98. The van der Waals surface area contributed by atoms with Gasteiger partial charge in [0.05, 0.1) is 0 Å². The predicted molar refractivity (Wildman–Crippen MR) is 107 cm³/mol. The molecule has 1 aliphatic heterocycles. The smallest absolute Gasteiger partial charge is 0.321 e. The summed E-state index contributed by atoms with van der Waals surface area (Å²) in [7, 11) is 1.76. The number of carbonyl (C=O) groups is 1. The summed E-state index contributed by atoms with van der Waals surface area (Å²) in [6.07, 6.45) is 0.892. The SMILES string of the molecule is CN(C(=O)Nc1ccc(F)c(C(C)(C)F)c1)[C@H]1CCN(Cc2ccccc2)C1. The van der Waals surface area contributed by atoms with E-state index < -0.39 is 11.5 Å². The Morgan fingerprint density at radius 2 is 1.96 bits per heavy atom. The van der Waals surface area contributed by atoms with Crippen molar-refractivity contribution < 1.29 is 13.6 Å². The molecule has 6 heteroatoms. The Bertz CT molecular complexity index is 820. The van der Waals surface area contributed by atoms with Crippen molar-refractivity contribution in [3.8, 4) is 0 Å². The van der Waals surface area contributed by atoms with Crippen LogP contribution in [-0.2, 0) is 12.2 Å². The normalized spacial score (nSPS) is 17.5. The molecule has 2 aromatic carbocycles. The molecule has 0 aliphatic carbocycles. The molecule has 4 nitrogen and oxygen atoms in total. The summed E-state index contributed by atoms with van der Waals surface area (Å²) in [4.78, 5) is 16.6. The molecule has 28 heavy (non-hydrogen) atoms. The third-order valence-electron chi connectivity index (χ3n) is 5.22. The van der Waals surface area contributed by atoms with Gasteiger partial charge >= 0.3 is 6.03 Å². The molecule has 0 bridgehead atoms. The lowest BCUT2D eigenvalue weighted by Gasteiger charge is -2.26. The van der Waals surface area contributed by atoms with Crippen LogP contribution >= 0.6 is 0 Å². The molecule has 0 radical (unpaired) electrons. The van der Waals surface area contributed by atoms with E-state index in [0.29, 0.717) is 5.69 Å². The van der Waals surface area contributed by atoms with Crippen LogP contribution in [0.1, 0.15) is 31.4 Å². The number of carbonyl (C=O) groups excluding carboxylic acids is 1. The number of rotatable bonds is 5. The minimum atomic E-state index is -1.82. The molecule has 1 atom stereocenters. The number of urea groups is 1. The van der Waals surface area contributed by atoms with Gasteiger partial charge in [0.15, 0.2) is 0 Å². The highest BCUT2D eigenvalue weighted by atomic mass is 19.1. The van der Waals surface area contributed by atoms with E-state index in [1.807, 2.05) is 18.2 Å². The van der Waals surface area contributed by atoms with Crippen LogP contribution in [0.25, 0.3) is 0 Å². The van der Waals surface area contributed by atoms with Crippen LogP contribution in [0.4, 0.5) is 19.3 Å². The Hall–Kier alpha value is -2.47. The molecule has 0 spiro atoms. The van der Waals surface area contributed by atoms with Crippen molar-refractivity contribution >= 4 is 11.7 Å². The zero-order valence-corrected chi connectivity index (χ0v) is 16.6. The lowest BCUT2D eigenvalue weighted by Crippen LogP contribution is -2.41. The zero-order chi connectivity index (χ0) is 20.3. The fraction of sp³-hybridized carbons (Fsp3) is 0.409. The van der Waals surface area contributed by atoms with E-state index in [-0.39, 0.29) is 17.6 Å². The summed E-state index contributed by atoms with van der Waals surface area (Å²) in [5, 5.41) is 2.76. The quantitative estimate of drug-likeness (QED) is 0.802. The standard InChI is InChI=1S/C22H27F2N3O/c1-22(2,24)19-13-17(9-10-20(19)23)25-21(28)26(3)18-11-12-27(15-18)14-16-7-5-4-6-8-16/h4-10,13,18H,11-12,14-15H2,1-3H3,(H,25,28)/t18-/m0/s1. The average molecular weight is 387 g/mol. The molecule has 0 unspecified atom stereocenters. The molecule has 0 saturated carbocycles. The number of benzene rings is 2. The van der Waals surface area contributed by atoms with E-state index in [2.05, 4.69) is 22.3 Å². The first-order valence-electron chi connectivity index (χ1n) is 9.53. The molecule has 1 fully saturated rings. The highest BCUT2D eigenvalue weighted by Gasteiger charge is 2.29. The van der Waals surface area contributed by atoms with Crippen molar-refractivity contribution in [1.82, 2.24) is 9.80 Å². The summed E-state index contributed by atoms with van der Waals surface area (Å²) in [6.45, 7) is 5.17. The predicted octanol–water partition coefficient (Wildman–Crippen LogP) is 4.77. The minimum Gasteiger partial charge on any atom is -0.323 e. The molecular weight excluding hydrogens is 360 g/mol. The number of amides is 2. The maximum Gasteiger partial charge on any atom is 0.321 e. The molecule has 2 amide bonds. The maximum atomic E-state index is 14.2. The average Bonchev–Trinajstić information content (AvgIpc) is 3.11. The van der Waals surface area contributed by atoms with E-state index in [4.69, 9.17) is 0 Å². The van der Waals surface area contributed by atoms with Crippen molar-refractivity contribution in [2.45, 2.75) is 38.5 Å². The fourth-order valence-corrected chi connectivity index (χ4v) is 3.55. The van der Waals surface area contributed by atoms with Gasteiger partial charge in [0.25, 0.3) is 0 Å². The number of alkyl halides is 1. The van der Waals surface area contributed by atoms with E-state index in [0.717, 1.165) is 26.1 Å². The first kappa shape index (κ1) is 20.3. The van der Waals surface area contributed by atoms with Gasteiger partial charge in [-0.1, -0.05) is 30.3 Å². The number of hydrogen-bond acceptors (Lipinski definition) is 2. The molecule has 1 heterocycles. The van der Waals surface area contributed by atoms with Crippen LogP contribution in [0.2, 0.25) is 0 Å². The van der Waals surface area contributed by atoms with Crippen molar-refractivity contribution in [2.75, 3.05) is 25.5 Å². The molecule has 150 valence electrons. The van der Waals surface area contributed by atoms with Crippen LogP contribution < -0.4 is 5.32 Å². The number of halogens is 2. The Morgan fingerprint density at radius 3 is 2.64 bits per heavy atom. The van der Waals surface area contributed by atoms with Gasteiger partial charge in [-0.05, 0) is 44.0 Å². The number of nitrogens with one attached hydrogen (secondary N) is 1. The van der Waals surface area contributed by atoms with E-state index >= 15 is 0 Å².